The van der Waals surface area contributed by atoms with Crippen LogP contribution in [-0.2, 0) is 16.1 Å². The Morgan fingerprint density at radius 1 is 1.00 bits per heavy atom. The van der Waals surface area contributed by atoms with Crippen LogP contribution in [0.3, 0.4) is 0 Å². The Kier molecular flexibility index (Phi) is 5.14. The molecule has 0 spiro atoms. The number of nitrogens with zero attached hydrogens (tertiary/aromatic N) is 1. The second-order valence-electron chi connectivity index (χ2n) is 7.20. The van der Waals surface area contributed by atoms with Crippen molar-refractivity contribution < 1.29 is 18.7 Å². The molecule has 0 radical (unpaired) electrons. The van der Waals surface area contributed by atoms with Crippen LogP contribution in [0.5, 0.6) is 5.75 Å². The number of anilines is 1. The van der Waals surface area contributed by atoms with Gasteiger partial charge in [0.25, 0.3) is 11.8 Å². The minimum atomic E-state index is -0.394. The van der Waals surface area contributed by atoms with E-state index in [4.69, 9.17) is 9.15 Å². The van der Waals surface area contributed by atoms with Gasteiger partial charge in [0.2, 0.25) is 0 Å². The fraction of sp³-hybridized carbons (Fsp3) is 0.167. The number of imide groups is 1. The molecule has 0 atom stereocenters. The quantitative estimate of drug-likeness (QED) is 0.623. The molecule has 152 valence electrons. The number of carbonyl (C=O) groups is 2. The van der Waals surface area contributed by atoms with Crippen LogP contribution in [0.2, 0.25) is 0 Å². The average Bonchev–Trinajstić information content (AvgIpc) is 3.32. The molecular weight excluding hydrogens is 380 g/mol. The summed E-state index contributed by atoms with van der Waals surface area (Å²) in [7, 11) is 1.58. The largest absolute Gasteiger partial charge is 0.497 e. The van der Waals surface area contributed by atoms with Gasteiger partial charge in [0, 0.05) is 11.8 Å². The Hall–Kier alpha value is -3.80. The highest BCUT2D eigenvalue weighted by Crippen LogP contribution is 2.34. The molecule has 1 aliphatic rings. The third-order valence-corrected chi connectivity index (χ3v) is 5.05. The fourth-order valence-corrected chi connectivity index (χ4v) is 3.58. The maximum Gasteiger partial charge on any atom is 0.278 e. The van der Waals surface area contributed by atoms with E-state index < -0.39 is 5.91 Å². The van der Waals surface area contributed by atoms with Crippen molar-refractivity contribution in [2.75, 3.05) is 12.4 Å². The number of furan rings is 1. The normalized spacial score (nSPS) is 13.9. The van der Waals surface area contributed by atoms with Crippen molar-refractivity contribution in [3.8, 4) is 5.75 Å². The lowest BCUT2D eigenvalue weighted by atomic mass is 9.97. The highest BCUT2D eigenvalue weighted by molar-refractivity contribution is 6.36. The van der Waals surface area contributed by atoms with Crippen molar-refractivity contribution >= 4 is 23.1 Å². The molecule has 1 aromatic heterocycles. The first kappa shape index (κ1) is 19.5. The van der Waals surface area contributed by atoms with Crippen molar-refractivity contribution in [2.24, 2.45) is 0 Å². The van der Waals surface area contributed by atoms with E-state index in [1.54, 1.807) is 25.3 Å². The number of amides is 2. The topological polar surface area (TPSA) is 71.8 Å². The summed E-state index contributed by atoms with van der Waals surface area (Å²) in [5, 5.41) is 3.15. The fourth-order valence-electron chi connectivity index (χ4n) is 3.58. The number of ether oxygens (including phenoxy) is 1. The van der Waals surface area contributed by atoms with Crippen molar-refractivity contribution in [3.63, 3.8) is 0 Å². The molecule has 0 saturated carbocycles. The summed E-state index contributed by atoms with van der Waals surface area (Å²) in [5.74, 6) is 0.445. The minimum absolute atomic E-state index is 0.0718. The molecule has 0 aliphatic carbocycles. The zero-order chi connectivity index (χ0) is 21.3. The third-order valence-electron chi connectivity index (χ3n) is 5.05. The number of methoxy groups -OCH3 is 1. The molecule has 1 aliphatic heterocycles. The summed E-state index contributed by atoms with van der Waals surface area (Å²) < 4.78 is 10.6. The number of rotatable bonds is 6. The highest BCUT2D eigenvalue weighted by atomic mass is 16.5. The van der Waals surface area contributed by atoms with Crippen LogP contribution in [-0.4, -0.2) is 23.8 Å². The van der Waals surface area contributed by atoms with E-state index in [2.05, 4.69) is 5.32 Å². The van der Waals surface area contributed by atoms with Gasteiger partial charge >= 0.3 is 0 Å². The Bertz CT molecular complexity index is 1150. The monoisotopic (exact) mass is 402 g/mol. The van der Waals surface area contributed by atoms with Gasteiger partial charge < -0.3 is 14.5 Å². The maximum atomic E-state index is 13.3. The van der Waals surface area contributed by atoms with Crippen LogP contribution in [0, 0.1) is 13.8 Å². The van der Waals surface area contributed by atoms with Gasteiger partial charge in [-0.15, -0.1) is 0 Å². The molecule has 2 aromatic carbocycles. The lowest BCUT2D eigenvalue weighted by Gasteiger charge is -2.14. The standard InChI is InChI=1S/C24H22N2O4/c1-15-9-10-20(16(2)12-15)21-22(25-17-6-4-7-18(13-17)29-3)24(28)26(23(21)27)14-19-8-5-11-30-19/h4-13,25H,14H2,1-3H3. The van der Waals surface area contributed by atoms with Gasteiger partial charge in [0.05, 0.1) is 25.5 Å². The molecule has 0 unspecified atom stereocenters. The van der Waals surface area contributed by atoms with Crippen molar-refractivity contribution in [3.05, 3.63) is 89.0 Å². The molecule has 0 saturated heterocycles. The van der Waals surface area contributed by atoms with E-state index in [0.29, 0.717) is 22.8 Å². The molecule has 4 rings (SSSR count). The molecule has 0 bridgehead atoms. The lowest BCUT2D eigenvalue weighted by Crippen LogP contribution is -2.31. The van der Waals surface area contributed by atoms with Crippen LogP contribution in [0.1, 0.15) is 22.5 Å². The van der Waals surface area contributed by atoms with Crippen LogP contribution in [0.4, 0.5) is 5.69 Å². The molecule has 30 heavy (non-hydrogen) atoms. The third kappa shape index (κ3) is 3.59. The van der Waals surface area contributed by atoms with Gasteiger partial charge in [0.1, 0.15) is 17.2 Å². The van der Waals surface area contributed by atoms with Gasteiger partial charge in [-0.05, 0) is 49.2 Å². The van der Waals surface area contributed by atoms with Gasteiger partial charge in [-0.1, -0.05) is 29.8 Å². The molecule has 1 N–H and O–H groups in total. The number of aryl methyl sites for hydroxylation is 2. The van der Waals surface area contributed by atoms with Crippen molar-refractivity contribution in [1.82, 2.24) is 4.90 Å². The zero-order valence-electron chi connectivity index (χ0n) is 17.1. The summed E-state index contributed by atoms with van der Waals surface area (Å²) in [6, 6.07) is 16.5. The summed E-state index contributed by atoms with van der Waals surface area (Å²) >= 11 is 0. The summed E-state index contributed by atoms with van der Waals surface area (Å²) in [6.45, 7) is 4.00. The second kappa shape index (κ2) is 7.91. The Morgan fingerprint density at radius 2 is 1.83 bits per heavy atom. The number of nitrogens with one attached hydrogen (secondary N) is 1. The van der Waals surface area contributed by atoms with Gasteiger partial charge in [-0.3, -0.25) is 14.5 Å². The van der Waals surface area contributed by atoms with Gasteiger partial charge in [-0.2, -0.15) is 0 Å². The minimum Gasteiger partial charge on any atom is -0.497 e. The summed E-state index contributed by atoms with van der Waals surface area (Å²) in [5.41, 5.74) is 4.00. The number of carbonyl (C=O) groups excluding carboxylic acids is 2. The molecule has 2 heterocycles. The molecule has 3 aromatic rings. The van der Waals surface area contributed by atoms with Gasteiger partial charge in [0.15, 0.2) is 0 Å². The summed E-state index contributed by atoms with van der Waals surface area (Å²) in [6.07, 6.45) is 1.52. The van der Waals surface area contributed by atoms with Crippen molar-refractivity contribution in [2.45, 2.75) is 20.4 Å². The SMILES string of the molecule is COc1cccc(NC2=C(c3ccc(C)cc3C)C(=O)N(Cc3ccco3)C2=O)c1. The van der Waals surface area contributed by atoms with Gasteiger partial charge in [-0.25, -0.2) is 0 Å². The van der Waals surface area contributed by atoms with Crippen LogP contribution >= 0.6 is 0 Å². The lowest BCUT2D eigenvalue weighted by molar-refractivity contribution is -0.137. The van der Waals surface area contributed by atoms with Crippen molar-refractivity contribution in [1.29, 1.82) is 0 Å². The average molecular weight is 402 g/mol. The first-order valence-corrected chi connectivity index (χ1v) is 9.59. The van der Waals surface area contributed by atoms with E-state index in [-0.39, 0.29) is 18.1 Å². The van der Waals surface area contributed by atoms with E-state index in [1.807, 2.05) is 50.2 Å². The van der Waals surface area contributed by atoms with E-state index in [1.165, 1.54) is 11.2 Å². The van der Waals surface area contributed by atoms with E-state index in [9.17, 15) is 9.59 Å². The van der Waals surface area contributed by atoms with Crippen LogP contribution in [0.25, 0.3) is 5.57 Å². The van der Waals surface area contributed by atoms with E-state index in [0.717, 1.165) is 16.7 Å². The number of hydrogen-bond acceptors (Lipinski definition) is 5. The molecule has 0 fully saturated rings. The summed E-state index contributed by atoms with van der Waals surface area (Å²) in [4.78, 5) is 27.8. The highest BCUT2D eigenvalue weighted by Gasteiger charge is 2.40. The molecule has 6 nitrogen and oxygen atoms in total. The second-order valence-corrected chi connectivity index (χ2v) is 7.20. The predicted molar refractivity (Wildman–Crippen MR) is 114 cm³/mol. The first-order valence-electron chi connectivity index (χ1n) is 9.59. The van der Waals surface area contributed by atoms with Crippen LogP contribution in [0.15, 0.2) is 71.0 Å². The zero-order valence-corrected chi connectivity index (χ0v) is 17.1. The number of hydrogen-bond donors (Lipinski definition) is 1. The molecular formula is C24H22N2O4. The molecule has 2 amide bonds. The predicted octanol–water partition coefficient (Wildman–Crippen LogP) is 4.30. The Morgan fingerprint density at radius 3 is 2.53 bits per heavy atom. The smallest absolute Gasteiger partial charge is 0.278 e. The Labute approximate surface area is 174 Å². The van der Waals surface area contributed by atoms with E-state index >= 15 is 0 Å². The maximum absolute atomic E-state index is 13.3. The van der Waals surface area contributed by atoms with Crippen LogP contribution < -0.4 is 10.1 Å². The molecule has 6 heteroatoms. The number of benzene rings is 2. The first-order chi connectivity index (χ1) is 14.5. The Balaban J connectivity index is 1.79.